The SMILES string of the molecule is CCNc1cc(Nc2ncc3c(=O)n(-c4cc(Cl)ccc4N)c(=O)[nH]c3n2)ccc1N1CCN(C)CC1. The molecule has 37 heavy (non-hydrogen) atoms. The van der Waals surface area contributed by atoms with Crippen LogP contribution in [0.15, 0.2) is 52.2 Å². The Hall–Kier alpha value is -4.09. The largest absolute Gasteiger partial charge is 0.397 e. The van der Waals surface area contributed by atoms with Crippen LogP contribution in [0.4, 0.5) is 28.7 Å². The molecule has 2 aromatic heterocycles. The van der Waals surface area contributed by atoms with Crippen LogP contribution in [0.5, 0.6) is 0 Å². The Bertz CT molecular complexity index is 1580. The predicted octanol–water partition coefficient (Wildman–Crippen LogP) is 2.63. The van der Waals surface area contributed by atoms with E-state index in [0.717, 1.165) is 54.4 Å². The molecule has 5 N–H and O–H groups in total. The lowest BCUT2D eigenvalue weighted by Crippen LogP contribution is -2.44. The summed E-state index contributed by atoms with van der Waals surface area (Å²) >= 11 is 6.05. The number of nitrogens with two attached hydrogens (primary N) is 1. The Labute approximate surface area is 217 Å². The molecule has 0 aliphatic carbocycles. The van der Waals surface area contributed by atoms with Crippen LogP contribution in [-0.2, 0) is 0 Å². The fraction of sp³-hybridized carbons (Fsp3) is 0.280. The molecule has 5 rings (SSSR count). The fourth-order valence-electron chi connectivity index (χ4n) is 4.39. The minimum atomic E-state index is -0.679. The number of H-pyrrole nitrogens is 1. The number of benzene rings is 2. The second-order valence-corrected chi connectivity index (χ2v) is 9.34. The maximum Gasteiger partial charge on any atom is 0.334 e. The molecule has 0 unspecified atom stereocenters. The number of hydrogen-bond donors (Lipinski definition) is 4. The average molecular weight is 522 g/mol. The molecular formula is C25H28ClN9O2. The third-order valence-corrected chi connectivity index (χ3v) is 6.58. The summed E-state index contributed by atoms with van der Waals surface area (Å²) in [6.07, 6.45) is 1.38. The lowest BCUT2D eigenvalue weighted by atomic mass is 10.2. The van der Waals surface area contributed by atoms with E-state index >= 15 is 0 Å². The van der Waals surface area contributed by atoms with Crippen LogP contribution in [0.1, 0.15) is 6.92 Å². The van der Waals surface area contributed by atoms with Gasteiger partial charge in [0.1, 0.15) is 5.39 Å². The molecule has 192 valence electrons. The highest BCUT2D eigenvalue weighted by molar-refractivity contribution is 6.30. The second-order valence-electron chi connectivity index (χ2n) is 8.91. The van der Waals surface area contributed by atoms with E-state index in [1.165, 1.54) is 18.3 Å². The van der Waals surface area contributed by atoms with Gasteiger partial charge >= 0.3 is 5.69 Å². The van der Waals surface area contributed by atoms with Crippen LogP contribution < -0.4 is 32.5 Å². The molecule has 4 aromatic rings. The minimum absolute atomic E-state index is 0.116. The van der Waals surface area contributed by atoms with E-state index in [1.807, 2.05) is 12.1 Å². The molecular weight excluding hydrogens is 494 g/mol. The van der Waals surface area contributed by atoms with Crippen molar-refractivity contribution in [3.8, 4) is 5.69 Å². The van der Waals surface area contributed by atoms with Crippen molar-refractivity contribution in [2.75, 3.05) is 61.0 Å². The van der Waals surface area contributed by atoms with Crippen molar-refractivity contribution in [1.82, 2.24) is 24.4 Å². The molecule has 0 amide bonds. The van der Waals surface area contributed by atoms with Crippen LogP contribution in [0.25, 0.3) is 16.7 Å². The number of halogens is 1. The van der Waals surface area contributed by atoms with Gasteiger partial charge in [-0.15, -0.1) is 0 Å². The van der Waals surface area contributed by atoms with Gasteiger partial charge in [0.25, 0.3) is 5.56 Å². The van der Waals surface area contributed by atoms with Crippen molar-refractivity contribution in [3.63, 3.8) is 0 Å². The third kappa shape index (κ3) is 4.95. The summed E-state index contributed by atoms with van der Waals surface area (Å²) in [7, 11) is 2.13. The quantitative estimate of drug-likeness (QED) is 0.282. The summed E-state index contributed by atoms with van der Waals surface area (Å²) in [6, 6.07) is 10.6. The highest BCUT2D eigenvalue weighted by atomic mass is 35.5. The van der Waals surface area contributed by atoms with Gasteiger partial charge in [0, 0.05) is 49.6 Å². The topological polar surface area (TPSA) is 137 Å². The summed E-state index contributed by atoms with van der Waals surface area (Å²) in [5.74, 6) is 0.248. The predicted molar refractivity (Wildman–Crippen MR) is 149 cm³/mol. The van der Waals surface area contributed by atoms with Crippen LogP contribution in [-0.4, -0.2) is 64.2 Å². The van der Waals surface area contributed by atoms with Gasteiger partial charge in [-0.25, -0.2) is 14.3 Å². The van der Waals surface area contributed by atoms with Gasteiger partial charge in [-0.2, -0.15) is 4.98 Å². The highest BCUT2D eigenvalue weighted by Crippen LogP contribution is 2.31. The number of aromatic amines is 1. The number of likely N-dealkylation sites (N-methyl/N-ethyl adjacent to an activating group) is 1. The van der Waals surface area contributed by atoms with Crippen LogP contribution in [0, 0.1) is 0 Å². The van der Waals surface area contributed by atoms with Crippen LogP contribution in [0.2, 0.25) is 5.02 Å². The van der Waals surface area contributed by atoms with E-state index < -0.39 is 11.2 Å². The number of hydrogen-bond acceptors (Lipinski definition) is 9. The van der Waals surface area contributed by atoms with Gasteiger partial charge in [-0.05, 0) is 50.4 Å². The molecule has 11 nitrogen and oxygen atoms in total. The summed E-state index contributed by atoms with van der Waals surface area (Å²) < 4.78 is 0.930. The van der Waals surface area contributed by atoms with Crippen LogP contribution in [0.3, 0.4) is 0 Å². The highest BCUT2D eigenvalue weighted by Gasteiger charge is 2.18. The monoisotopic (exact) mass is 521 g/mol. The van der Waals surface area contributed by atoms with Crippen molar-refractivity contribution in [2.45, 2.75) is 6.92 Å². The Morgan fingerprint density at radius 2 is 1.86 bits per heavy atom. The number of anilines is 5. The van der Waals surface area contributed by atoms with Crippen molar-refractivity contribution in [2.24, 2.45) is 0 Å². The normalized spacial score (nSPS) is 14.2. The van der Waals surface area contributed by atoms with Gasteiger partial charge < -0.3 is 26.2 Å². The first-order valence-corrected chi connectivity index (χ1v) is 12.4. The number of nitrogens with one attached hydrogen (secondary N) is 3. The fourth-order valence-corrected chi connectivity index (χ4v) is 4.56. The van der Waals surface area contributed by atoms with Crippen molar-refractivity contribution in [3.05, 3.63) is 68.5 Å². The van der Waals surface area contributed by atoms with E-state index in [4.69, 9.17) is 17.3 Å². The van der Waals surface area contributed by atoms with E-state index in [9.17, 15) is 9.59 Å². The smallest absolute Gasteiger partial charge is 0.334 e. The zero-order valence-electron chi connectivity index (χ0n) is 20.6. The lowest BCUT2D eigenvalue weighted by molar-refractivity contribution is 0.313. The van der Waals surface area contributed by atoms with E-state index in [0.29, 0.717) is 5.02 Å². The second kappa shape index (κ2) is 10.1. The molecule has 1 fully saturated rings. The van der Waals surface area contributed by atoms with Gasteiger partial charge in [0.05, 0.1) is 22.7 Å². The van der Waals surface area contributed by atoms with Crippen molar-refractivity contribution < 1.29 is 0 Å². The van der Waals surface area contributed by atoms with Gasteiger partial charge in [0.2, 0.25) is 5.95 Å². The first-order chi connectivity index (χ1) is 17.8. The van der Waals surface area contributed by atoms with Gasteiger partial charge in [0.15, 0.2) is 5.65 Å². The summed E-state index contributed by atoms with van der Waals surface area (Å²) in [5.41, 5.74) is 8.19. The third-order valence-electron chi connectivity index (χ3n) is 6.35. The molecule has 1 aliphatic rings. The standard InChI is InChI=1S/C25H28ClN9O2/c1-3-28-19-13-16(5-7-20(19)34-10-8-33(2)9-11-34)30-24-29-14-17-22(31-24)32-25(37)35(23(17)36)21-12-15(26)4-6-18(21)27/h4-7,12-14,28H,3,8-11,27H2,1-2H3,(H2,29,30,31,32,37). The Balaban J connectivity index is 1.46. The number of rotatable bonds is 6. The van der Waals surface area contributed by atoms with E-state index in [-0.39, 0.29) is 28.4 Å². The Kier molecular flexibility index (Phi) is 6.72. The number of nitrogens with zero attached hydrogens (tertiary/aromatic N) is 5. The zero-order chi connectivity index (χ0) is 26.1. The number of aromatic nitrogens is 4. The maximum atomic E-state index is 13.1. The molecule has 0 atom stereocenters. The first-order valence-electron chi connectivity index (χ1n) is 12.0. The Morgan fingerprint density at radius 1 is 1.08 bits per heavy atom. The molecule has 2 aromatic carbocycles. The van der Waals surface area contributed by atoms with Gasteiger partial charge in [-0.3, -0.25) is 9.78 Å². The van der Waals surface area contributed by atoms with E-state index in [1.54, 1.807) is 6.07 Å². The van der Waals surface area contributed by atoms with E-state index in [2.05, 4.69) is 55.4 Å². The summed E-state index contributed by atoms with van der Waals surface area (Å²) in [5, 5.41) is 7.11. The number of piperazine rings is 1. The molecule has 12 heteroatoms. The molecule has 1 aliphatic heterocycles. The van der Waals surface area contributed by atoms with Crippen molar-refractivity contribution in [1.29, 1.82) is 0 Å². The molecule has 0 saturated carbocycles. The van der Waals surface area contributed by atoms with Crippen LogP contribution >= 0.6 is 11.6 Å². The Morgan fingerprint density at radius 3 is 2.62 bits per heavy atom. The first kappa shape index (κ1) is 24.6. The average Bonchev–Trinajstić information content (AvgIpc) is 2.87. The molecule has 0 spiro atoms. The number of fused-ring (bicyclic) bond motifs is 1. The zero-order valence-corrected chi connectivity index (χ0v) is 21.3. The molecule has 1 saturated heterocycles. The minimum Gasteiger partial charge on any atom is -0.397 e. The van der Waals surface area contributed by atoms with Gasteiger partial charge in [-0.1, -0.05) is 11.6 Å². The summed E-state index contributed by atoms with van der Waals surface area (Å²) in [6.45, 7) is 6.78. The molecule has 0 bridgehead atoms. The maximum absolute atomic E-state index is 13.1. The summed E-state index contributed by atoms with van der Waals surface area (Å²) in [4.78, 5) is 42.0. The lowest BCUT2D eigenvalue weighted by Gasteiger charge is -2.35. The molecule has 3 heterocycles. The number of nitrogen functional groups attached to an aromatic ring is 1. The van der Waals surface area contributed by atoms with Crippen molar-refractivity contribution >= 4 is 51.3 Å². The molecule has 0 radical (unpaired) electrons.